The number of nitrogens with zero attached hydrogens (tertiary/aromatic N) is 3. The van der Waals surface area contributed by atoms with Crippen molar-refractivity contribution < 1.29 is 27.8 Å². The maximum absolute atomic E-state index is 10.5. The molecule has 3 rings (SSSR count). The zero-order valence-electron chi connectivity index (χ0n) is 17.8. The Morgan fingerprint density at radius 1 is 1.26 bits per heavy atom. The maximum Gasteiger partial charge on any atom is 0.290 e. The first-order valence-electron chi connectivity index (χ1n) is 9.65. The molecule has 1 aromatic carbocycles. The van der Waals surface area contributed by atoms with Gasteiger partial charge >= 0.3 is 0 Å². The molecular weight excluding hydrogens is 426 g/mol. The van der Waals surface area contributed by atoms with Crippen molar-refractivity contribution in [3.05, 3.63) is 24.4 Å². The number of hydrogen-bond donors (Lipinski definition) is 4. The molecule has 0 bridgehead atoms. The van der Waals surface area contributed by atoms with Gasteiger partial charge in [0.15, 0.2) is 11.5 Å². The minimum absolute atomic E-state index is 0.250. The summed E-state index contributed by atoms with van der Waals surface area (Å²) in [5.41, 5.74) is 4.70. The van der Waals surface area contributed by atoms with Crippen LogP contribution in [0.15, 0.2) is 24.4 Å². The number of anilines is 1. The Hall–Kier alpha value is -2.67. The Kier molecular flexibility index (Phi) is 9.72. The van der Waals surface area contributed by atoms with Crippen molar-refractivity contribution in [2.45, 2.75) is 13.0 Å². The fourth-order valence-corrected chi connectivity index (χ4v) is 3.84. The monoisotopic (exact) mass is 455 g/mol. The van der Waals surface area contributed by atoms with E-state index in [9.17, 15) is 8.42 Å². The smallest absolute Gasteiger partial charge is 0.290 e. The molecule has 2 heterocycles. The largest absolute Gasteiger partial charge is 0.493 e. The van der Waals surface area contributed by atoms with E-state index in [0.29, 0.717) is 24.1 Å². The second-order valence-corrected chi connectivity index (χ2v) is 7.52. The SMILES string of the molecule is COc1cc2nccc(N3CCN(CCNN[SH](=O)=O)[C@H](C)C3)c2cc1OC.O=CO. The Bertz CT molecular complexity index is 933. The minimum atomic E-state index is -2.62. The number of hydrazine groups is 1. The van der Waals surface area contributed by atoms with Crippen LogP contribution in [0.4, 0.5) is 5.69 Å². The van der Waals surface area contributed by atoms with Crippen LogP contribution in [-0.2, 0) is 15.7 Å². The average molecular weight is 456 g/mol. The van der Waals surface area contributed by atoms with E-state index >= 15 is 0 Å². The molecule has 3 N–H and O–H groups in total. The van der Waals surface area contributed by atoms with E-state index in [4.69, 9.17) is 19.4 Å². The topological polar surface area (TPSA) is 133 Å². The van der Waals surface area contributed by atoms with Crippen LogP contribution in [0.5, 0.6) is 11.5 Å². The number of carbonyl (C=O) groups is 1. The van der Waals surface area contributed by atoms with Crippen molar-refractivity contribution in [3.63, 3.8) is 0 Å². The average Bonchev–Trinajstić information content (AvgIpc) is 2.76. The summed E-state index contributed by atoms with van der Waals surface area (Å²) in [7, 11) is 0.635. The highest BCUT2D eigenvalue weighted by Crippen LogP contribution is 2.36. The third kappa shape index (κ3) is 6.66. The predicted molar refractivity (Wildman–Crippen MR) is 118 cm³/mol. The number of rotatable bonds is 8. The molecule has 1 aromatic heterocycles. The maximum atomic E-state index is 10.5. The molecular formula is C19H29N5O6S. The molecule has 0 amide bonds. The standard InChI is InChI=1S/C18H27N5O4S.CH2O2/c1-13-12-23(9-8-22(13)7-6-20-21-28(24)25)16-4-5-19-15-11-18(27-3)17(26-2)10-14(15)16;2-1-3/h4-5,10-11,13,20,28H,6-9,12H2,1-3H3,(H,21,24,25);1H,(H,2,3)/t13-;/m1./s1. The van der Waals surface area contributed by atoms with Gasteiger partial charge in [0.05, 0.1) is 19.7 Å². The van der Waals surface area contributed by atoms with Crippen LogP contribution in [0.3, 0.4) is 0 Å². The zero-order valence-corrected chi connectivity index (χ0v) is 18.7. The molecule has 0 radical (unpaired) electrons. The van der Waals surface area contributed by atoms with E-state index in [1.807, 2.05) is 24.4 Å². The van der Waals surface area contributed by atoms with Crippen molar-refractivity contribution >= 4 is 34.0 Å². The highest BCUT2D eigenvalue weighted by molar-refractivity contribution is 7.70. The Balaban J connectivity index is 0.00000107. The quantitative estimate of drug-likeness (QED) is 0.188. The second kappa shape index (κ2) is 12.2. The molecule has 11 nitrogen and oxygen atoms in total. The summed E-state index contributed by atoms with van der Waals surface area (Å²) in [5.74, 6) is 1.35. The Labute approximate surface area is 183 Å². The highest BCUT2D eigenvalue weighted by Gasteiger charge is 2.25. The number of thiol groups is 1. The number of fused-ring (bicyclic) bond motifs is 1. The van der Waals surface area contributed by atoms with Crippen LogP contribution >= 0.6 is 0 Å². The van der Waals surface area contributed by atoms with Crippen LogP contribution < -0.4 is 24.6 Å². The zero-order chi connectivity index (χ0) is 22.8. The summed E-state index contributed by atoms with van der Waals surface area (Å²) in [6.45, 7) is 5.90. The van der Waals surface area contributed by atoms with Gasteiger partial charge in [0.1, 0.15) is 0 Å². The normalized spacial score (nSPS) is 16.6. The summed E-state index contributed by atoms with van der Waals surface area (Å²) in [6, 6.07) is 6.25. The molecule has 1 saturated heterocycles. The number of carboxylic acid groups (broad SMARTS) is 1. The van der Waals surface area contributed by atoms with Crippen molar-refractivity contribution in [3.8, 4) is 11.5 Å². The molecule has 1 fully saturated rings. The first-order valence-corrected chi connectivity index (χ1v) is 10.8. The van der Waals surface area contributed by atoms with Gasteiger partial charge in [-0.2, -0.15) is 4.83 Å². The molecule has 0 unspecified atom stereocenters. The summed E-state index contributed by atoms with van der Waals surface area (Å²) in [5, 5.41) is 7.92. The molecule has 31 heavy (non-hydrogen) atoms. The van der Waals surface area contributed by atoms with Gasteiger partial charge in [0.2, 0.25) is 10.9 Å². The first kappa shape index (κ1) is 24.6. The molecule has 1 aliphatic heterocycles. The number of nitrogens with one attached hydrogen (secondary N) is 2. The van der Waals surface area contributed by atoms with E-state index in [1.165, 1.54) is 0 Å². The van der Waals surface area contributed by atoms with Gasteiger partial charge in [-0.15, -0.1) is 0 Å². The van der Waals surface area contributed by atoms with Crippen molar-refractivity contribution in [1.82, 2.24) is 20.1 Å². The fourth-order valence-electron chi connectivity index (χ4n) is 3.60. The van der Waals surface area contributed by atoms with Crippen LogP contribution in [-0.4, -0.2) is 82.9 Å². The molecule has 1 aliphatic rings. The van der Waals surface area contributed by atoms with Gasteiger partial charge in [-0.05, 0) is 19.1 Å². The van der Waals surface area contributed by atoms with Crippen molar-refractivity contribution in [2.24, 2.45) is 0 Å². The Morgan fingerprint density at radius 3 is 2.55 bits per heavy atom. The number of aromatic nitrogens is 1. The lowest BCUT2D eigenvalue weighted by Crippen LogP contribution is -2.54. The molecule has 1 atom stereocenters. The summed E-state index contributed by atoms with van der Waals surface area (Å²) in [4.78, 5) is 19.8. The third-order valence-electron chi connectivity index (χ3n) is 5.02. The molecule has 0 spiro atoms. The summed E-state index contributed by atoms with van der Waals surface area (Å²) < 4.78 is 31.9. The van der Waals surface area contributed by atoms with Crippen LogP contribution in [0.2, 0.25) is 0 Å². The summed E-state index contributed by atoms with van der Waals surface area (Å²) in [6.07, 6.45) is 1.82. The van der Waals surface area contributed by atoms with E-state index in [1.54, 1.807) is 14.2 Å². The van der Waals surface area contributed by atoms with E-state index in [2.05, 4.69) is 32.0 Å². The molecule has 0 aliphatic carbocycles. The first-order chi connectivity index (χ1) is 14.9. The second-order valence-electron chi connectivity index (χ2n) is 6.79. The van der Waals surface area contributed by atoms with Crippen LogP contribution in [0.1, 0.15) is 6.92 Å². The number of ether oxygens (including phenoxy) is 2. The van der Waals surface area contributed by atoms with Gasteiger partial charge in [-0.3, -0.25) is 14.7 Å². The molecule has 172 valence electrons. The molecule has 2 aromatic rings. The minimum Gasteiger partial charge on any atom is -0.493 e. The van der Waals surface area contributed by atoms with Crippen LogP contribution in [0.25, 0.3) is 10.9 Å². The number of methoxy groups -OCH3 is 2. The number of pyridine rings is 1. The van der Waals surface area contributed by atoms with Gasteiger partial charge < -0.3 is 19.5 Å². The molecule has 0 saturated carbocycles. The number of piperazine rings is 1. The highest BCUT2D eigenvalue weighted by atomic mass is 32.2. The van der Waals surface area contributed by atoms with E-state index in [-0.39, 0.29) is 6.47 Å². The lowest BCUT2D eigenvalue weighted by Gasteiger charge is -2.41. The van der Waals surface area contributed by atoms with Crippen molar-refractivity contribution in [2.75, 3.05) is 51.8 Å². The fraction of sp³-hybridized carbons (Fsp3) is 0.474. The lowest BCUT2D eigenvalue weighted by molar-refractivity contribution is -0.122. The number of hydrogen-bond acceptors (Lipinski definition) is 9. The molecule has 12 heteroatoms. The predicted octanol–water partition coefficient (Wildman–Crippen LogP) is 0.0839. The van der Waals surface area contributed by atoms with Gasteiger partial charge in [0, 0.05) is 62.1 Å². The van der Waals surface area contributed by atoms with Crippen LogP contribution in [0, 0.1) is 0 Å². The lowest BCUT2D eigenvalue weighted by atomic mass is 10.1. The van der Waals surface area contributed by atoms with Gasteiger partial charge in [-0.25, -0.2) is 13.8 Å². The van der Waals surface area contributed by atoms with Gasteiger partial charge in [0.25, 0.3) is 6.47 Å². The van der Waals surface area contributed by atoms with E-state index < -0.39 is 10.9 Å². The Morgan fingerprint density at radius 2 is 1.94 bits per heavy atom. The third-order valence-corrected chi connectivity index (χ3v) is 5.36. The van der Waals surface area contributed by atoms with E-state index in [0.717, 1.165) is 42.8 Å². The van der Waals surface area contributed by atoms with Crippen molar-refractivity contribution in [1.29, 1.82) is 0 Å². The summed E-state index contributed by atoms with van der Waals surface area (Å²) >= 11 is 0. The van der Waals surface area contributed by atoms with Gasteiger partial charge in [-0.1, -0.05) is 0 Å². The number of benzene rings is 1.